The third-order valence-electron chi connectivity index (χ3n) is 0.958. The van der Waals surface area contributed by atoms with Gasteiger partial charge >= 0.3 is 0 Å². The van der Waals surface area contributed by atoms with E-state index in [0.29, 0.717) is 10.3 Å². The SMILES string of the molecule is Fc1ccc(Cl)cc1P. The smallest absolute Gasteiger partial charge is 0.130 e. The van der Waals surface area contributed by atoms with Crippen molar-refractivity contribution in [2.24, 2.45) is 0 Å². The first-order chi connectivity index (χ1) is 4.20. The van der Waals surface area contributed by atoms with Crippen molar-refractivity contribution in [1.82, 2.24) is 0 Å². The highest BCUT2D eigenvalue weighted by Gasteiger charge is 1.94. The lowest BCUT2D eigenvalue weighted by Gasteiger charge is -1.93. The van der Waals surface area contributed by atoms with Crippen LogP contribution in [-0.2, 0) is 0 Å². The van der Waals surface area contributed by atoms with E-state index in [4.69, 9.17) is 11.6 Å². The summed E-state index contributed by atoms with van der Waals surface area (Å²) in [5.41, 5.74) is 0. The summed E-state index contributed by atoms with van der Waals surface area (Å²) in [7, 11) is 2.26. The summed E-state index contributed by atoms with van der Waals surface area (Å²) < 4.78 is 12.4. The van der Waals surface area contributed by atoms with E-state index in [0.717, 1.165) is 0 Å². The average molecular weight is 163 g/mol. The van der Waals surface area contributed by atoms with Gasteiger partial charge in [-0.3, -0.25) is 0 Å². The minimum Gasteiger partial charge on any atom is -0.206 e. The molecule has 1 rings (SSSR count). The first kappa shape index (κ1) is 6.98. The number of rotatable bonds is 0. The van der Waals surface area contributed by atoms with Crippen LogP contribution in [0, 0.1) is 5.82 Å². The lowest BCUT2D eigenvalue weighted by Crippen LogP contribution is -1.95. The molecule has 0 aliphatic rings. The van der Waals surface area contributed by atoms with E-state index in [2.05, 4.69) is 9.24 Å². The molecule has 1 aromatic carbocycles. The van der Waals surface area contributed by atoms with E-state index in [1.807, 2.05) is 0 Å². The Balaban J connectivity index is 3.17. The molecule has 0 aromatic heterocycles. The molecule has 3 heteroatoms. The van der Waals surface area contributed by atoms with E-state index in [1.165, 1.54) is 12.1 Å². The zero-order valence-electron chi connectivity index (χ0n) is 4.57. The van der Waals surface area contributed by atoms with E-state index >= 15 is 0 Å². The molecule has 0 aliphatic carbocycles. The van der Waals surface area contributed by atoms with Gasteiger partial charge in [-0.15, -0.1) is 9.24 Å². The summed E-state index contributed by atoms with van der Waals surface area (Å²) in [6, 6.07) is 4.41. The Morgan fingerprint density at radius 2 is 2.11 bits per heavy atom. The zero-order chi connectivity index (χ0) is 6.85. The van der Waals surface area contributed by atoms with Crippen molar-refractivity contribution in [3.63, 3.8) is 0 Å². The molecule has 1 atom stereocenters. The van der Waals surface area contributed by atoms with Crippen molar-refractivity contribution in [3.8, 4) is 0 Å². The van der Waals surface area contributed by atoms with Crippen molar-refractivity contribution in [3.05, 3.63) is 29.0 Å². The highest BCUT2D eigenvalue weighted by Crippen LogP contribution is 2.08. The summed E-state index contributed by atoms with van der Waals surface area (Å²) in [5.74, 6) is -0.246. The van der Waals surface area contributed by atoms with Crippen molar-refractivity contribution >= 4 is 26.1 Å². The first-order valence-corrected chi connectivity index (χ1v) is 3.36. The Kier molecular flexibility index (Phi) is 2.05. The van der Waals surface area contributed by atoms with Crippen molar-refractivity contribution in [2.45, 2.75) is 0 Å². The molecule has 0 aliphatic heterocycles. The first-order valence-electron chi connectivity index (χ1n) is 2.40. The maximum atomic E-state index is 12.4. The van der Waals surface area contributed by atoms with Gasteiger partial charge in [0.2, 0.25) is 0 Å². The van der Waals surface area contributed by atoms with Gasteiger partial charge in [0, 0.05) is 10.3 Å². The highest BCUT2D eigenvalue weighted by atomic mass is 35.5. The van der Waals surface area contributed by atoms with Crippen LogP contribution in [0.1, 0.15) is 0 Å². The molecule has 48 valence electrons. The summed E-state index contributed by atoms with van der Waals surface area (Å²) in [5, 5.41) is 1.06. The van der Waals surface area contributed by atoms with Gasteiger partial charge in [-0.2, -0.15) is 0 Å². The Bertz CT molecular complexity index is 224. The van der Waals surface area contributed by atoms with Crippen molar-refractivity contribution in [1.29, 1.82) is 0 Å². The van der Waals surface area contributed by atoms with Crippen LogP contribution in [0.4, 0.5) is 4.39 Å². The predicted molar refractivity (Wildman–Crippen MR) is 40.8 cm³/mol. The number of hydrogen-bond donors (Lipinski definition) is 0. The number of hydrogen-bond acceptors (Lipinski definition) is 0. The van der Waals surface area contributed by atoms with Gasteiger partial charge in [-0.1, -0.05) is 11.6 Å². The van der Waals surface area contributed by atoms with Crippen LogP contribution < -0.4 is 5.30 Å². The van der Waals surface area contributed by atoms with Crippen LogP contribution in [0.3, 0.4) is 0 Å². The van der Waals surface area contributed by atoms with Gasteiger partial charge < -0.3 is 0 Å². The monoisotopic (exact) mass is 162 g/mol. The third-order valence-corrected chi connectivity index (χ3v) is 1.64. The van der Waals surface area contributed by atoms with Crippen LogP contribution in [0.15, 0.2) is 18.2 Å². The van der Waals surface area contributed by atoms with Gasteiger partial charge in [-0.05, 0) is 18.2 Å². The maximum absolute atomic E-state index is 12.4. The molecule has 0 N–H and O–H groups in total. The fraction of sp³-hybridized carbons (Fsp3) is 0. The molecule has 0 spiro atoms. The fourth-order valence-electron chi connectivity index (χ4n) is 0.515. The van der Waals surface area contributed by atoms with Gasteiger partial charge in [0.1, 0.15) is 5.82 Å². The Hall–Kier alpha value is -0.130. The summed E-state index contributed by atoms with van der Waals surface area (Å²) in [6.07, 6.45) is 0. The second kappa shape index (κ2) is 2.64. The van der Waals surface area contributed by atoms with Crippen LogP contribution in [0.5, 0.6) is 0 Å². The van der Waals surface area contributed by atoms with E-state index in [1.54, 1.807) is 6.07 Å². The molecule has 0 amide bonds. The maximum Gasteiger partial charge on any atom is 0.130 e. The third kappa shape index (κ3) is 1.64. The summed E-state index contributed by atoms with van der Waals surface area (Å²) >= 11 is 5.54. The largest absolute Gasteiger partial charge is 0.206 e. The van der Waals surface area contributed by atoms with Gasteiger partial charge in [-0.25, -0.2) is 4.39 Å². The van der Waals surface area contributed by atoms with Crippen LogP contribution in [-0.4, -0.2) is 0 Å². The highest BCUT2D eigenvalue weighted by molar-refractivity contribution is 7.27. The fourth-order valence-corrected chi connectivity index (χ4v) is 1.08. The molecule has 0 nitrogen and oxygen atoms in total. The molecule has 0 saturated carbocycles. The molecule has 0 fully saturated rings. The van der Waals surface area contributed by atoms with E-state index < -0.39 is 0 Å². The van der Waals surface area contributed by atoms with E-state index in [-0.39, 0.29) is 5.82 Å². The standard InChI is InChI=1S/C6H5ClFP/c7-4-1-2-5(8)6(9)3-4/h1-3H,9H2. The molecule has 1 unspecified atom stereocenters. The zero-order valence-corrected chi connectivity index (χ0v) is 6.48. The van der Waals surface area contributed by atoms with Gasteiger partial charge in [0.15, 0.2) is 0 Å². The predicted octanol–water partition coefficient (Wildman–Crippen LogP) is 1.98. The molecular weight excluding hydrogens is 157 g/mol. The topological polar surface area (TPSA) is 0 Å². The van der Waals surface area contributed by atoms with Crippen LogP contribution in [0.2, 0.25) is 5.02 Å². The molecule has 1 aromatic rings. The Labute approximate surface area is 60.2 Å². The average Bonchev–Trinajstić information content (AvgIpc) is 1.80. The Morgan fingerprint density at radius 1 is 1.44 bits per heavy atom. The number of benzene rings is 1. The second-order valence-corrected chi connectivity index (χ2v) is 2.72. The molecule has 0 radical (unpaired) electrons. The van der Waals surface area contributed by atoms with Crippen molar-refractivity contribution in [2.75, 3.05) is 0 Å². The lowest BCUT2D eigenvalue weighted by atomic mass is 10.3. The molecule has 9 heavy (non-hydrogen) atoms. The van der Waals surface area contributed by atoms with Gasteiger partial charge in [0.05, 0.1) is 0 Å². The van der Waals surface area contributed by atoms with Crippen LogP contribution >= 0.6 is 20.8 Å². The quantitative estimate of drug-likeness (QED) is 0.512. The normalized spacial score (nSPS) is 9.67. The summed E-state index contributed by atoms with van der Waals surface area (Å²) in [4.78, 5) is 0. The Morgan fingerprint density at radius 3 is 2.56 bits per heavy atom. The molecule has 0 bridgehead atoms. The van der Waals surface area contributed by atoms with Crippen LogP contribution in [0.25, 0.3) is 0 Å². The van der Waals surface area contributed by atoms with E-state index in [9.17, 15) is 4.39 Å². The minimum absolute atomic E-state index is 0.246. The van der Waals surface area contributed by atoms with Crippen molar-refractivity contribution < 1.29 is 4.39 Å². The second-order valence-electron chi connectivity index (χ2n) is 1.67. The summed E-state index contributed by atoms with van der Waals surface area (Å²) in [6.45, 7) is 0. The van der Waals surface area contributed by atoms with Gasteiger partial charge in [0.25, 0.3) is 0 Å². The minimum atomic E-state index is -0.246. The molecule has 0 heterocycles. The lowest BCUT2D eigenvalue weighted by molar-refractivity contribution is 0.636. The molecular formula is C6H5ClFP. The molecule has 0 saturated heterocycles. The number of halogens is 2.